The Hall–Kier alpha value is -2.08. The molecule has 130 valence electrons. The second-order valence-corrected chi connectivity index (χ2v) is 6.58. The van der Waals surface area contributed by atoms with Crippen molar-refractivity contribution < 1.29 is 14.3 Å². The van der Waals surface area contributed by atoms with Crippen LogP contribution in [0.3, 0.4) is 0 Å². The first kappa shape index (κ1) is 18.3. The first-order valence-electron chi connectivity index (χ1n) is 7.93. The Morgan fingerprint density at radius 3 is 2.58 bits per heavy atom. The number of ether oxygens (including phenoxy) is 2. The summed E-state index contributed by atoms with van der Waals surface area (Å²) < 4.78 is 10.6. The van der Waals surface area contributed by atoms with Crippen molar-refractivity contribution in [2.45, 2.75) is 26.2 Å². The van der Waals surface area contributed by atoms with Gasteiger partial charge in [-0.15, -0.1) is 11.3 Å². The van der Waals surface area contributed by atoms with Crippen molar-refractivity contribution in [3.05, 3.63) is 40.3 Å². The van der Waals surface area contributed by atoms with E-state index < -0.39 is 0 Å². The molecule has 0 radical (unpaired) electrons. The number of rotatable bonds is 8. The van der Waals surface area contributed by atoms with Crippen molar-refractivity contribution in [2.24, 2.45) is 5.92 Å². The average Bonchev–Trinajstić information content (AvgIpc) is 3.08. The minimum Gasteiger partial charge on any atom is -0.493 e. The van der Waals surface area contributed by atoms with E-state index in [4.69, 9.17) is 9.47 Å². The molecule has 2 rings (SSSR count). The smallest absolute Gasteiger partial charge is 0.227 e. The largest absolute Gasteiger partial charge is 0.493 e. The first-order valence-corrected chi connectivity index (χ1v) is 8.87. The maximum Gasteiger partial charge on any atom is 0.227 e. The van der Waals surface area contributed by atoms with E-state index >= 15 is 0 Å². The minimum atomic E-state index is -0.236. The number of thiazole rings is 1. The highest BCUT2D eigenvalue weighted by molar-refractivity contribution is 7.07. The number of benzene rings is 1. The highest BCUT2D eigenvalue weighted by Crippen LogP contribution is 2.33. The molecule has 0 saturated carbocycles. The van der Waals surface area contributed by atoms with Crippen molar-refractivity contribution >= 4 is 17.2 Å². The van der Waals surface area contributed by atoms with Gasteiger partial charge in [0.1, 0.15) is 0 Å². The highest BCUT2D eigenvalue weighted by Gasteiger charge is 2.25. The molecule has 0 saturated heterocycles. The second-order valence-electron chi connectivity index (χ2n) is 5.86. The SMILES string of the molecule is COc1ccc(C(C(=O)NCCc2cscn2)C(C)C)cc1OC. The Bertz CT molecular complexity index is 656. The van der Waals surface area contributed by atoms with E-state index in [1.165, 1.54) is 0 Å². The van der Waals surface area contributed by atoms with Gasteiger partial charge in [-0.3, -0.25) is 4.79 Å². The van der Waals surface area contributed by atoms with E-state index in [1.54, 1.807) is 31.1 Å². The van der Waals surface area contributed by atoms with Gasteiger partial charge in [-0.25, -0.2) is 4.98 Å². The van der Waals surface area contributed by atoms with Gasteiger partial charge in [-0.1, -0.05) is 19.9 Å². The number of aromatic nitrogens is 1. The third-order valence-corrected chi connectivity index (χ3v) is 4.51. The topological polar surface area (TPSA) is 60.5 Å². The van der Waals surface area contributed by atoms with E-state index in [9.17, 15) is 4.79 Å². The van der Waals surface area contributed by atoms with Gasteiger partial charge in [0.25, 0.3) is 0 Å². The van der Waals surface area contributed by atoms with Gasteiger partial charge in [0.2, 0.25) is 5.91 Å². The van der Waals surface area contributed by atoms with Crippen LogP contribution in [0.1, 0.15) is 31.0 Å². The molecule has 1 aromatic carbocycles. The van der Waals surface area contributed by atoms with Crippen LogP contribution >= 0.6 is 11.3 Å². The number of nitrogens with zero attached hydrogens (tertiary/aromatic N) is 1. The molecule has 1 N–H and O–H groups in total. The van der Waals surface area contributed by atoms with Crippen LogP contribution in [0, 0.1) is 5.92 Å². The molecule has 1 atom stereocenters. The van der Waals surface area contributed by atoms with Crippen LogP contribution in [0.2, 0.25) is 0 Å². The van der Waals surface area contributed by atoms with Gasteiger partial charge in [0.05, 0.1) is 31.3 Å². The molecular formula is C18H24N2O3S. The van der Waals surface area contributed by atoms with Crippen LogP contribution in [0.4, 0.5) is 0 Å². The quantitative estimate of drug-likeness (QED) is 0.795. The van der Waals surface area contributed by atoms with Crippen molar-refractivity contribution in [3.63, 3.8) is 0 Å². The lowest BCUT2D eigenvalue weighted by Gasteiger charge is -2.22. The molecule has 0 aliphatic rings. The molecule has 1 amide bonds. The molecule has 1 aromatic heterocycles. The van der Waals surface area contributed by atoms with Gasteiger partial charge in [0.15, 0.2) is 11.5 Å². The molecule has 0 aliphatic heterocycles. The lowest BCUT2D eigenvalue weighted by atomic mass is 9.87. The van der Waals surface area contributed by atoms with Crippen LogP contribution in [0.25, 0.3) is 0 Å². The Kier molecular flexibility index (Phi) is 6.61. The number of carbonyl (C=O) groups excluding carboxylic acids is 1. The van der Waals surface area contributed by atoms with Crippen LogP contribution in [-0.2, 0) is 11.2 Å². The monoisotopic (exact) mass is 348 g/mol. The zero-order valence-electron chi connectivity index (χ0n) is 14.5. The molecule has 1 heterocycles. The Morgan fingerprint density at radius 2 is 2.00 bits per heavy atom. The van der Waals surface area contributed by atoms with E-state index in [1.807, 2.05) is 37.4 Å². The fourth-order valence-electron chi connectivity index (χ4n) is 2.67. The second kappa shape index (κ2) is 8.68. The Labute approximate surface area is 147 Å². The zero-order valence-corrected chi connectivity index (χ0v) is 15.4. The average molecular weight is 348 g/mol. The molecule has 0 bridgehead atoms. The fraction of sp³-hybridized carbons (Fsp3) is 0.444. The summed E-state index contributed by atoms with van der Waals surface area (Å²) in [6, 6.07) is 5.64. The lowest BCUT2D eigenvalue weighted by molar-refractivity contribution is -0.123. The molecule has 6 heteroatoms. The maximum atomic E-state index is 12.7. The van der Waals surface area contributed by atoms with Gasteiger partial charge >= 0.3 is 0 Å². The number of carbonyl (C=O) groups is 1. The van der Waals surface area contributed by atoms with Gasteiger partial charge in [-0.05, 0) is 23.6 Å². The van der Waals surface area contributed by atoms with Gasteiger partial charge < -0.3 is 14.8 Å². The maximum absolute atomic E-state index is 12.7. The normalized spacial score (nSPS) is 12.0. The fourth-order valence-corrected chi connectivity index (χ4v) is 3.26. The molecule has 2 aromatic rings. The number of hydrogen-bond acceptors (Lipinski definition) is 5. The number of methoxy groups -OCH3 is 2. The van der Waals surface area contributed by atoms with Crippen molar-refractivity contribution in [2.75, 3.05) is 20.8 Å². The Morgan fingerprint density at radius 1 is 1.25 bits per heavy atom. The molecular weight excluding hydrogens is 324 g/mol. The third kappa shape index (κ3) is 4.47. The Balaban J connectivity index is 2.09. The summed E-state index contributed by atoms with van der Waals surface area (Å²) in [7, 11) is 3.20. The number of hydrogen-bond donors (Lipinski definition) is 1. The molecule has 1 unspecified atom stereocenters. The molecule has 0 spiro atoms. The van der Waals surface area contributed by atoms with E-state index in [0.717, 1.165) is 17.7 Å². The number of amides is 1. The summed E-state index contributed by atoms with van der Waals surface area (Å²) >= 11 is 1.56. The van der Waals surface area contributed by atoms with Gasteiger partial charge in [0, 0.05) is 18.3 Å². The third-order valence-electron chi connectivity index (χ3n) is 3.88. The van der Waals surface area contributed by atoms with Crippen LogP contribution in [0.5, 0.6) is 11.5 Å². The molecule has 0 aliphatic carbocycles. The van der Waals surface area contributed by atoms with E-state index in [-0.39, 0.29) is 17.7 Å². The van der Waals surface area contributed by atoms with Crippen molar-refractivity contribution in [1.29, 1.82) is 0 Å². The summed E-state index contributed by atoms with van der Waals surface area (Å²) in [4.78, 5) is 16.9. The number of nitrogens with one attached hydrogen (secondary N) is 1. The zero-order chi connectivity index (χ0) is 17.5. The summed E-state index contributed by atoms with van der Waals surface area (Å²) in [5.41, 5.74) is 3.74. The van der Waals surface area contributed by atoms with Crippen LogP contribution < -0.4 is 14.8 Å². The predicted octanol–water partition coefficient (Wildman–Crippen LogP) is 3.26. The van der Waals surface area contributed by atoms with Crippen molar-refractivity contribution in [1.82, 2.24) is 10.3 Å². The standard InChI is InChI=1S/C18H24N2O3S/c1-12(2)17(13-5-6-15(22-3)16(9-13)23-4)18(21)19-8-7-14-10-24-11-20-14/h5-6,9-12,17H,7-8H2,1-4H3,(H,19,21). The minimum absolute atomic E-state index is 0.0208. The summed E-state index contributed by atoms with van der Waals surface area (Å²) in [5.74, 6) is 1.25. The van der Waals surface area contributed by atoms with E-state index in [2.05, 4.69) is 10.3 Å². The summed E-state index contributed by atoms with van der Waals surface area (Å²) in [6.45, 7) is 4.67. The van der Waals surface area contributed by atoms with Gasteiger partial charge in [-0.2, -0.15) is 0 Å². The molecule has 5 nitrogen and oxygen atoms in total. The molecule has 0 fully saturated rings. The van der Waals surface area contributed by atoms with Crippen molar-refractivity contribution in [3.8, 4) is 11.5 Å². The highest BCUT2D eigenvalue weighted by atomic mass is 32.1. The molecule has 24 heavy (non-hydrogen) atoms. The lowest BCUT2D eigenvalue weighted by Crippen LogP contribution is -2.33. The predicted molar refractivity (Wildman–Crippen MR) is 96.0 cm³/mol. The van der Waals surface area contributed by atoms with Crippen LogP contribution in [-0.4, -0.2) is 31.7 Å². The van der Waals surface area contributed by atoms with Crippen LogP contribution in [0.15, 0.2) is 29.1 Å². The van der Waals surface area contributed by atoms with E-state index in [0.29, 0.717) is 18.0 Å². The summed E-state index contributed by atoms with van der Waals surface area (Å²) in [5, 5.41) is 5.02. The summed E-state index contributed by atoms with van der Waals surface area (Å²) in [6.07, 6.45) is 0.742. The first-order chi connectivity index (χ1) is 11.6.